The van der Waals surface area contributed by atoms with Crippen LogP contribution in [0, 0.1) is 0 Å². The number of hydrogen-bond acceptors (Lipinski definition) is 6. The number of thiazole rings is 1. The van der Waals surface area contributed by atoms with Crippen LogP contribution in [-0.2, 0) is 4.79 Å². The molecule has 3 aromatic rings. The van der Waals surface area contributed by atoms with Crippen LogP contribution in [0.2, 0.25) is 0 Å². The molecule has 0 spiro atoms. The number of aromatic nitrogens is 2. The van der Waals surface area contributed by atoms with Crippen LogP contribution >= 0.6 is 11.3 Å². The number of rotatable bonds is 5. The summed E-state index contributed by atoms with van der Waals surface area (Å²) in [6.45, 7) is -0.105. The van der Waals surface area contributed by atoms with Crippen LogP contribution in [0.4, 0.5) is 5.13 Å². The first-order valence-electron chi connectivity index (χ1n) is 7.10. The summed E-state index contributed by atoms with van der Waals surface area (Å²) in [6.07, 6.45) is 1.59. The van der Waals surface area contributed by atoms with Crippen molar-refractivity contribution in [1.29, 1.82) is 0 Å². The highest BCUT2D eigenvalue weighted by Gasteiger charge is 2.19. The first-order chi connectivity index (χ1) is 11.6. The maximum Gasteiger partial charge on any atom is 0.276 e. The molecule has 1 aromatic carbocycles. The van der Waals surface area contributed by atoms with E-state index in [1.807, 2.05) is 30.3 Å². The van der Waals surface area contributed by atoms with Gasteiger partial charge in [0.05, 0.1) is 6.54 Å². The second-order valence-electron chi connectivity index (χ2n) is 4.99. The minimum absolute atomic E-state index is 0.105. The summed E-state index contributed by atoms with van der Waals surface area (Å²) in [7, 11) is 1.53. The maximum atomic E-state index is 12.3. The zero-order chi connectivity index (χ0) is 16.9. The van der Waals surface area contributed by atoms with Gasteiger partial charge in [-0.3, -0.25) is 9.59 Å². The molecule has 0 saturated carbocycles. The summed E-state index contributed by atoms with van der Waals surface area (Å²) in [6, 6.07) is 10.9. The third-order valence-electron chi connectivity index (χ3n) is 3.19. The largest absolute Gasteiger partial charge is 0.355 e. The number of amides is 2. The van der Waals surface area contributed by atoms with Crippen LogP contribution < -0.4 is 5.32 Å². The van der Waals surface area contributed by atoms with E-state index >= 15 is 0 Å². The highest BCUT2D eigenvalue weighted by Crippen LogP contribution is 2.20. The predicted molar refractivity (Wildman–Crippen MR) is 89.6 cm³/mol. The molecule has 2 heterocycles. The fourth-order valence-corrected chi connectivity index (χ4v) is 2.59. The van der Waals surface area contributed by atoms with Crippen molar-refractivity contribution in [1.82, 2.24) is 15.0 Å². The van der Waals surface area contributed by atoms with E-state index < -0.39 is 5.91 Å². The molecule has 122 valence electrons. The third kappa shape index (κ3) is 3.66. The Kier molecular flexibility index (Phi) is 4.66. The first kappa shape index (κ1) is 15.9. The Bertz CT molecular complexity index is 830. The number of carbonyl (C=O) groups is 2. The summed E-state index contributed by atoms with van der Waals surface area (Å²) >= 11 is 1.31. The number of anilines is 1. The van der Waals surface area contributed by atoms with Gasteiger partial charge >= 0.3 is 0 Å². The van der Waals surface area contributed by atoms with Crippen molar-refractivity contribution in [3.63, 3.8) is 0 Å². The normalized spacial score (nSPS) is 10.4. The van der Waals surface area contributed by atoms with Gasteiger partial charge in [-0.1, -0.05) is 35.5 Å². The lowest BCUT2D eigenvalue weighted by Crippen LogP contribution is -2.35. The van der Waals surface area contributed by atoms with E-state index in [0.717, 1.165) is 5.56 Å². The quantitative estimate of drug-likeness (QED) is 0.769. The molecular formula is C16H14N4O3S. The molecule has 3 rings (SSSR count). The molecule has 0 bridgehead atoms. The summed E-state index contributed by atoms with van der Waals surface area (Å²) in [5.41, 5.74) is 0.978. The van der Waals surface area contributed by atoms with Crippen molar-refractivity contribution in [2.24, 2.45) is 0 Å². The van der Waals surface area contributed by atoms with Crippen LogP contribution in [0.5, 0.6) is 0 Å². The van der Waals surface area contributed by atoms with Crippen molar-refractivity contribution in [2.45, 2.75) is 0 Å². The second kappa shape index (κ2) is 7.05. The van der Waals surface area contributed by atoms with E-state index in [9.17, 15) is 9.59 Å². The zero-order valence-corrected chi connectivity index (χ0v) is 13.6. The molecule has 1 N–H and O–H groups in total. The Balaban J connectivity index is 1.63. The number of benzene rings is 1. The predicted octanol–water partition coefficient (Wildman–Crippen LogP) is 2.51. The van der Waals surface area contributed by atoms with Crippen LogP contribution in [-0.4, -0.2) is 40.4 Å². The van der Waals surface area contributed by atoms with E-state index in [1.165, 1.54) is 23.3 Å². The Morgan fingerprint density at radius 2 is 2.08 bits per heavy atom. The van der Waals surface area contributed by atoms with Crippen molar-refractivity contribution in [2.75, 3.05) is 18.9 Å². The first-order valence-corrected chi connectivity index (χ1v) is 7.98. The average Bonchev–Trinajstić information content (AvgIpc) is 3.26. The van der Waals surface area contributed by atoms with Crippen LogP contribution in [0.15, 0.2) is 52.5 Å². The van der Waals surface area contributed by atoms with Gasteiger partial charge in [-0.2, -0.15) is 0 Å². The molecular weight excluding hydrogens is 328 g/mol. The summed E-state index contributed by atoms with van der Waals surface area (Å²) < 4.78 is 5.21. The van der Waals surface area contributed by atoms with Crippen molar-refractivity contribution in [3.05, 3.63) is 53.7 Å². The van der Waals surface area contributed by atoms with Gasteiger partial charge in [-0.25, -0.2) is 4.98 Å². The van der Waals surface area contributed by atoms with Crippen molar-refractivity contribution >= 4 is 28.3 Å². The molecule has 0 aliphatic heterocycles. The highest BCUT2D eigenvalue weighted by atomic mass is 32.1. The van der Waals surface area contributed by atoms with Crippen LogP contribution in [0.1, 0.15) is 10.5 Å². The Hall–Kier alpha value is -3.00. The molecule has 0 unspecified atom stereocenters. The van der Waals surface area contributed by atoms with E-state index in [1.54, 1.807) is 17.6 Å². The SMILES string of the molecule is CN(CC(=O)Nc1nccs1)C(=O)c1cc(-c2ccccc2)on1. The van der Waals surface area contributed by atoms with E-state index in [-0.39, 0.29) is 18.1 Å². The lowest BCUT2D eigenvalue weighted by atomic mass is 10.1. The van der Waals surface area contributed by atoms with Gasteiger partial charge in [0.2, 0.25) is 5.91 Å². The molecule has 8 heteroatoms. The monoisotopic (exact) mass is 342 g/mol. The fourth-order valence-electron chi connectivity index (χ4n) is 2.04. The summed E-state index contributed by atoms with van der Waals surface area (Å²) in [5.74, 6) is -0.220. The highest BCUT2D eigenvalue weighted by molar-refractivity contribution is 7.13. The number of hydrogen-bond donors (Lipinski definition) is 1. The maximum absolute atomic E-state index is 12.3. The van der Waals surface area contributed by atoms with Crippen molar-refractivity contribution in [3.8, 4) is 11.3 Å². The van der Waals surface area contributed by atoms with Crippen LogP contribution in [0.25, 0.3) is 11.3 Å². The summed E-state index contributed by atoms with van der Waals surface area (Å²) in [5, 5.41) is 8.66. The average molecular weight is 342 g/mol. The van der Waals surface area contributed by atoms with Gasteiger partial charge in [0.1, 0.15) is 0 Å². The Morgan fingerprint density at radius 1 is 1.29 bits per heavy atom. The molecule has 2 aromatic heterocycles. The molecule has 0 saturated heterocycles. The van der Waals surface area contributed by atoms with Gasteiger partial charge in [0.25, 0.3) is 5.91 Å². The standard InChI is InChI=1S/C16H14N4O3S/c1-20(10-14(21)18-16-17-7-8-24-16)15(22)12-9-13(23-19-12)11-5-3-2-4-6-11/h2-9H,10H2,1H3,(H,17,18,21). The lowest BCUT2D eigenvalue weighted by Gasteiger charge is -2.14. The van der Waals surface area contributed by atoms with Crippen molar-refractivity contribution < 1.29 is 14.1 Å². The molecule has 0 atom stereocenters. The molecule has 2 amide bonds. The molecule has 7 nitrogen and oxygen atoms in total. The zero-order valence-electron chi connectivity index (χ0n) is 12.8. The molecule has 0 radical (unpaired) electrons. The molecule has 24 heavy (non-hydrogen) atoms. The number of likely N-dealkylation sites (N-methyl/N-ethyl adjacent to an activating group) is 1. The minimum Gasteiger partial charge on any atom is -0.355 e. The summed E-state index contributed by atoms with van der Waals surface area (Å²) in [4.78, 5) is 29.5. The second-order valence-corrected chi connectivity index (χ2v) is 5.88. The number of nitrogens with one attached hydrogen (secondary N) is 1. The van der Waals surface area contributed by atoms with Gasteiger partial charge in [0, 0.05) is 30.3 Å². The molecule has 0 aliphatic rings. The number of nitrogens with zero attached hydrogens (tertiary/aromatic N) is 3. The fraction of sp³-hybridized carbons (Fsp3) is 0.125. The third-order valence-corrected chi connectivity index (χ3v) is 3.88. The number of carbonyl (C=O) groups excluding carboxylic acids is 2. The minimum atomic E-state index is -0.393. The van der Waals surface area contributed by atoms with E-state index in [2.05, 4.69) is 15.5 Å². The van der Waals surface area contributed by atoms with E-state index in [4.69, 9.17) is 4.52 Å². The Morgan fingerprint density at radius 3 is 2.79 bits per heavy atom. The molecule has 0 fully saturated rings. The van der Waals surface area contributed by atoms with Crippen LogP contribution in [0.3, 0.4) is 0 Å². The van der Waals surface area contributed by atoms with Gasteiger partial charge in [-0.05, 0) is 0 Å². The van der Waals surface area contributed by atoms with Gasteiger partial charge in [0.15, 0.2) is 16.6 Å². The van der Waals surface area contributed by atoms with Gasteiger partial charge < -0.3 is 14.7 Å². The Labute approximate surface area is 141 Å². The topological polar surface area (TPSA) is 88.3 Å². The smallest absolute Gasteiger partial charge is 0.276 e. The van der Waals surface area contributed by atoms with E-state index in [0.29, 0.717) is 10.9 Å². The lowest BCUT2D eigenvalue weighted by molar-refractivity contribution is -0.116. The molecule has 0 aliphatic carbocycles. The van der Waals surface area contributed by atoms with Gasteiger partial charge in [-0.15, -0.1) is 11.3 Å².